The molecule has 0 saturated heterocycles. The summed E-state index contributed by atoms with van der Waals surface area (Å²) in [6.07, 6.45) is 1.60. The van der Waals surface area contributed by atoms with Gasteiger partial charge in [0, 0.05) is 19.2 Å². The van der Waals surface area contributed by atoms with Crippen molar-refractivity contribution in [2.45, 2.75) is 13.8 Å². The van der Waals surface area contributed by atoms with Gasteiger partial charge in [-0.3, -0.25) is 4.79 Å². The smallest absolute Gasteiger partial charge is 0.274 e. The van der Waals surface area contributed by atoms with Crippen LogP contribution in [0.25, 0.3) is 0 Å². The van der Waals surface area contributed by atoms with Gasteiger partial charge in [0.05, 0.1) is 17.6 Å². The summed E-state index contributed by atoms with van der Waals surface area (Å²) < 4.78 is 26.3. The van der Waals surface area contributed by atoms with Crippen LogP contribution in [0.1, 0.15) is 24.3 Å². The highest BCUT2D eigenvalue weighted by Gasteiger charge is 2.12. The lowest BCUT2D eigenvalue weighted by molar-refractivity contribution is 0.102. The first-order valence-electron chi connectivity index (χ1n) is 7.02. The maximum atomic E-state index is 13.5. The van der Waals surface area contributed by atoms with E-state index in [1.54, 1.807) is 18.3 Å². The van der Waals surface area contributed by atoms with Gasteiger partial charge in [0.25, 0.3) is 5.91 Å². The summed E-state index contributed by atoms with van der Waals surface area (Å²) in [7, 11) is 0. The number of carbonyl (C=O) groups excluding carboxylic acids is 1. The summed E-state index contributed by atoms with van der Waals surface area (Å²) >= 11 is 0. The van der Waals surface area contributed by atoms with Crippen LogP contribution in [0.2, 0.25) is 0 Å². The first kappa shape index (κ1) is 15.9. The van der Waals surface area contributed by atoms with E-state index in [1.165, 1.54) is 6.07 Å². The van der Waals surface area contributed by atoms with Crippen molar-refractivity contribution in [2.75, 3.05) is 23.3 Å². The first-order chi connectivity index (χ1) is 10.5. The lowest BCUT2D eigenvalue weighted by Gasteiger charge is -2.20. The van der Waals surface area contributed by atoms with Crippen molar-refractivity contribution in [1.29, 1.82) is 0 Å². The minimum absolute atomic E-state index is 0.0824. The standard InChI is InChI=1S/C16H17F2N3O/c1-3-21(4-2)12-6-8-15(19-10-12)16(22)20-14-7-5-11(17)9-13(14)18/h5-10H,3-4H2,1-2H3,(H,20,22). The molecule has 0 bridgehead atoms. The number of hydrogen-bond donors (Lipinski definition) is 1. The van der Waals surface area contributed by atoms with E-state index in [1.807, 2.05) is 13.8 Å². The van der Waals surface area contributed by atoms with Crippen LogP contribution in [-0.2, 0) is 0 Å². The zero-order chi connectivity index (χ0) is 16.1. The van der Waals surface area contributed by atoms with E-state index in [4.69, 9.17) is 0 Å². The molecule has 6 heteroatoms. The van der Waals surface area contributed by atoms with Gasteiger partial charge in [0.1, 0.15) is 17.3 Å². The number of nitrogens with zero attached hydrogens (tertiary/aromatic N) is 2. The molecule has 0 aliphatic carbocycles. The molecule has 0 aliphatic heterocycles. The quantitative estimate of drug-likeness (QED) is 0.920. The highest BCUT2D eigenvalue weighted by molar-refractivity contribution is 6.03. The average Bonchev–Trinajstić information content (AvgIpc) is 2.52. The van der Waals surface area contributed by atoms with E-state index < -0.39 is 17.5 Å². The summed E-state index contributed by atoms with van der Waals surface area (Å²) in [5, 5.41) is 2.37. The van der Waals surface area contributed by atoms with Crippen molar-refractivity contribution in [3.63, 3.8) is 0 Å². The lowest BCUT2D eigenvalue weighted by Crippen LogP contribution is -2.22. The number of amides is 1. The van der Waals surface area contributed by atoms with Crippen LogP contribution in [0.15, 0.2) is 36.5 Å². The highest BCUT2D eigenvalue weighted by atomic mass is 19.1. The van der Waals surface area contributed by atoms with E-state index >= 15 is 0 Å². The van der Waals surface area contributed by atoms with Gasteiger partial charge in [-0.25, -0.2) is 13.8 Å². The number of aromatic nitrogens is 1. The van der Waals surface area contributed by atoms with Crippen LogP contribution in [0.3, 0.4) is 0 Å². The third-order valence-corrected chi connectivity index (χ3v) is 3.29. The SMILES string of the molecule is CCN(CC)c1ccc(C(=O)Nc2ccc(F)cc2F)nc1. The Bertz CT molecular complexity index is 655. The van der Waals surface area contributed by atoms with Crippen LogP contribution in [0.5, 0.6) is 0 Å². The third kappa shape index (κ3) is 3.58. The molecule has 1 amide bonds. The van der Waals surface area contributed by atoms with Gasteiger partial charge < -0.3 is 10.2 Å². The predicted molar refractivity (Wildman–Crippen MR) is 82.1 cm³/mol. The number of carbonyl (C=O) groups is 1. The van der Waals surface area contributed by atoms with E-state index in [-0.39, 0.29) is 11.4 Å². The number of pyridine rings is 1. The van der Waals surface area contributed by atoms with Crippen molar-refractivity contribution >= 4 is 17.3 Å². The summed E-state index contributed by atoms with van der Waals surface area (Å²) in [6.45, 7) is 5.73. The van der Waals surface area contributed by atoms with Gasteiger partial charge in [-0.15, -0.1) is 0 Å². The molecule has 0 unspecified atom stereocenters. The number of halogens is 2. The topological polar surface area (TPSA) is 45.2 Å². The Hall–Kier alpha value is -2.50. The number of nitrogens with one attached hydrogen (secondary N) is 1. The fraction of sp³-hybridized carbons (Fsp3) is 0.250. The van der Waals surface area contributed by atoms with E-state index in [2.05, 4.69) is 15.2 Å². The van der Waals surface area contributed by atoms with Crippen molar-refractivity contribution < 1.29 is 13.6 Å². The molecule has 22 heavy (non-hydrogen) atoms. The molecule has 4 nitrogen and oxygen atoms in total. The summed E-state index contributed by atoms with van der Waals surface area (Å²) in [5.41, 5.74) is 0.996. The second kappa shape index (κ2) is 6.98. The molecule has 0 aliphatic rings. The molecule has 0 spiro atoms. The molecule has 2 rings (SSSR count). The Morgan fingerprint density at radius 2 is 1.91 bits per heavy atom. The van der Waals surface area contributed by atoms with E-state index in [9.17, 15) is 13.6 Å². The van der Waals surface area contributed by atoms with Gasteiger partial charge >= 0.3 is 0 Å². The first-order valence-corrected chi connectivity index (χ1v) is 7.02. The van der Waals surface area contributed by atoms with E-state index in [0.29, 0.717) is 6.07 Å². The van der Waals surface area contributed by atoms with Gasteiger partial charge in [0.2, 0.25) is 0 Å². The Balaban J connectivity index is 2.13. The fourth-order valence-corrected chi connectivity index (χ4v) is 2.07. The zero-order valence-electron chi connectivity index (χ0n) is 12.4. The van der Waals surface area contributed by atoms with Crippen molar-refractivity contribution in [2.24, 2.45) is 0 Å². The molecular formula is C16H17F2N3O. The molecule has 1 aromatic heterocycles. The van der Waals surface area contributed by atoms with Gasteiger partial charge in [-0.1, -0.05) is 0 Å². The van der Waals surface area contributed by atoms with Crippen molar-refractivity contribution in [3.8, 4) is 0 Å². The monoisotopic (exact) mass is 305 g/mol. The Morgan fingerprint density at radius 3 is 2.45 bits per heavy atom. The minimum atomic E-state index is -0.826. The van der Waals surface area contributed by atoms with E-state index in [0.717, 1.165) is 24.8 Å². The molecule has 1 aromatic carbocycles. The zero-order valence-corrected chi connectivity index (χ0v) is 12.4. The Morgan fingerprint density at radius 1 is 1.18 bits per heavy atom. The van der Waals surface area contributed by atoms with Crippen molar-refractivity contribution in [3.05, 3.63) is 53.9 Å². The number of benzene rings is 1. The number of rotatable bonds is 5. The second-order valence-corrected chi connectivity index (χ2v) is 4.65. The summed E-state index contributed by atoms with van der Waals surface area (Å²) in [4.78, 5) is 18.2. The summed E-state index contributed by atoms with van der Waals surface area (Å²) in [5.74, 6) is -2.07. The van der Waals surface area contributed by atoms with Gasteiger partial charge in [0.15, 0.2) is 0 Å². The maximum Gasteiger partial charge on any atom is 0.274 e. The molecule has 0 saturated carbocycles. The molecule has 2 aromatic rings. The predicted octanol–water partition coefficient (Wildman–Crippen LogP) is 3.46. The van der Waals surface area contributed by atoms with Crippen LogP contribution in [0.4, 0.5) is 20.2 Å². The summed E-state index contributed by atoms with van der Waals surface area (Å²) in [6, 6.07) is 6.33. The normalized spacial score (nSPS) is 10.4. The van der Waals surface area contributed by atoms with Gasteiger partial charge in [-0.2, -0.15) is 0 Å². The lowest BCUT2D eigenvalue weighted by atomic mass is 10.2. The molecule has 1 N–H and O–H groups in total. The highest BCUT2D eigenvalue weighted by Crippen LogP contribution is 2.17. The number of hydrogen-bond acceptors (Lipinski definition) is 3. The average molecular weight is 305 g/mol. The molecule has 0 radical (unpaired) electrons. The van der Waals surface area contributed by atoms with Gasteiger partial charge in [-0.05, 0) is 38.1 Å². The molecule has 1 heterocycles. The molecular weight excluding hydrogens is 288 g/mol. The number of anilines is 2. The van der Waals surface area contributed by atoms with Crippen LogP contribution in [-0.4, -0.2) is 24.0 Å². The fourth-order valence-electron chi connectivity index (χ4n) is 2.07. The molecule has 0 fully saturated rings. The third-order valence-electron chi connectivity index (χ3n) is 3.29. The van der Waals surface area contributed by atoms with Crippen LogP contribution >= 0.6 is 0 Å². The molecule has 0 atom stereocenters. The maximum absolute atomic E-state index is 13.5. The van der Waals surface area contributed by atoms with Crippen LogP contribution in [0, 0.1) is 11.6 Å². The minimum Gasteiger partial charge on any atom is -0.371 e. The Labute approximate surface area is 127 Å². The second-order valence-electron chi connectivity index (χ2n) is 4.65. The van der Waals surface area contributed by atoms with Crippen LogP contribution < -0.4 is 10.2 Å². The molecule has 116 valence electrons. The largest absolute Gasteiger partial charge is 0.371 e. The Kier molecular flexibility index (Phi) is 5.04. The van der Waals surface area contributed by atoms with Crippen molar-refractivity contribution in [1.82, 2.24) is 4.98 Å².